The quantitative estimate of drug-likeness (QED) is 0.172. The fraction of sp³-hybridized carbons (Fsp3) is 0.361. The number of aryl methyl sites for hydroxylation is 3. The van der Waals surface area contributed by atoms with E-state index in [-0.39, 0.29) is 6.10 Å². The maximum absolute atomic E-state index is 6.50. The molecule has 0 bridgehead atoms. The largest absolute Gasteiger partial charge is 0.497 e. The van der Waals surface area contributed by atoms with E-state index in [1.54, 1.807) is 7.11 Å². The first-order chi connectivity index (χ1) is 19.4. The predicted octanol–water partition coefficient (Wildman–Crippen LogP) is 8.22. The number of ether oxygens (including phenoxy) is 2. The van der Waals surface area contributed by atoms with Crippen LogP contribution in [0.1, 0.15) is 61.2 Å². The Balaban J connectivity index is 1.71. The van der Waals surface area contributed by atoms with Crippen LogP contribution in [0.25, 0.3) is 11.3 Å². The van der Waals surface area contributed by atoms with Gasteiger partial charge >= 0.3 is 0 Å². The van der Waals surface area contributed by atoms with Crippen LogP contribution in [-0.2, 0) is 32.4 Å². The first-order valence-corrected chi connectivity index (χ1v) is 14.6. The van der Waals surface area contributed by atoms with E-state index in [0.29, 0.717) is 0 Å². The molecule has 0 saturated carbocycles. The van der Waals surface area contributed by atoms with E-state index in [9.17, 15) is 0 Å². The summed E-state index contributed by atoms with van der Waals surface area (Å²) in [5.41, 5.74) is 9.72. The van der Waals surface area contributed by atoms with Crippen LogP contribution in [0.4, 0.5) is 0 Å². The minimum absolute atomic E-state index is 0.0693. The first-order valence-electron chi connectivity index (χ1n) is 14.6. The Labute approximate surface area is 241 Å². The predicted molar refractivity (Wildman–Crippen MR) is 166 cm³/mol. The van der Waals surface area contributed by atoms with E-state index < -0.39 is 0 Å². The van der Waals surface area contributed by atoms with Gasteiger partial charge in [-0.3, -0.25) is 9.88 Å². The van der Waals surface area contributed by atoms with Gasteiger partial charge in [0.25, 0.3) is 0 Å². The van der Waals surface area contributed by atoms with Gasteiger partial charge in [-0.15, -0.1) is 0 Å². The molecule has 0 spiro atoms. The highest BCUT2D eigenvalue weighted by atomic mass is 16.5. The molecule has 1 aromatic heterocycles. The van der Waals surface area contributed by atoms with Crippen LogP contribution >= 0.6 is 0 Å². The zero-order valence-corrected chi connectivity index (χ0v) is 25.0. The van der Waals surface area contributed by atoms with Crippen molar-refractivity contribution in [3.8, 4) is 22.8 Å². The molecule has 0 unspecified atom stereocenters. The van der Waals surface area contributed by atoms with Gasteiger partial charge in [0.05, 0.1) is 18.9 Å². The third kappa shape index (κ3) is 7.51. The summed E-state index contributed by atoms with van der Waals surface area (Å²) in [7, 11) is 1.71. The standard InChI is InChI=1S/C36H44N2O2/c1-7-30-15-12-16-31(8-2)36(30)34-23-35(40-26(3)4)33(27(5)37-34)25-38(22-21-28-13-10-9-11-14-28)24-29-17-19-32(39-6)20-18-29/h9-20,23,26H,7-8,21-22,24-25H2,1-6H3. The minimum atomic E-state index is 0.0693. The average Bonchev–Trinajstić information content (AvgIpc) is 2.97. The van der Waals surface area contributed by atoms with Gasteiger partial charge in [0.1, 0.15) is 11.5 Å². The van der Waals surface area contributed by atoms with Crippen molar-refractivity contribution in [1.29, 1.82) is 0 Å². The van der Waals surface area contributed by atoms with Crippen LogP contribution in [0.15, 0.2) is 78.9 Å². The molecule has 210 valence electrons. The topological polar surface area (TPSA) is 34.6 Å². The van der Waals surface area contributed by atoms with Gasteiger partial charge in [0.15, 0.2) is 0 Å². The van der Waals surface area contributed by atoms with E-state index >= 15 is 0 Å². The number of hydrogen-bond acceptors (Lipinski definition) is 4. The maximum atomic E-state index is 6.50. The molecule has 40 heavy (non-hydrogen) atoms. The van der Waals surface area contributed by atoms with Gasteiger partial charge in [0.2, 0.25) is 0 Å². The molecule has 4 nitrogen and oxygen atoms in total. The van der Waals surface area contributed by atoms with Crippen molar-refractivity contribution >= 4 is 0 Å². The highest BCUT2D eigenvalue weighted by Gasteiger charge is 2.20. The lowest BCUT2D eigenvalue weighted by molar-refractivity contribution is 0.223. The van der Waals surface area contributed by atoms with Crippen molar-refractivity contribution in [2.24, 2.45) is 0 Å². The summed E-state index contributed by atoms with van der Waals surface area (Å²) in [6.45, 7) is 13.3. The van der Waals surface area contributed by atoms with Crippen molar-refractivity contribution < 1.29 is 9.47 Å². The van der Waals surface area contributed by atoms with Crippen LogP contribution in [0.3, 0.4) is 0 Å². The van der Waals surface area contributed by atoms with Crippen LogP contribution < -0.4 is 9.47 Å². The highest BCUT2D eigenvalue weighted by molar-refractivity contribution is 5.70. The molecule has 0 aliphatic carbocycles. The summed E-state index contributed by atoms with van der Waals surface area (Å²) in [4.78, 5) is 7.71. The molecule has 0 N–H and O–H groups in total. The Hall–Kier alpha value is -3.63. The average molecular weight is 537 g/mol. The van der Waals surface area contributed by atoms with Crippen molar-refractivity contribution in [2.45, 2.75) is 73.1 Å². The van der Waals surface area contributed by atoms with Gasteiger partial charge in [-0.2, -0.15) is 0 Å². The Morgan fingerprint density at radius 2 is 1.48 bits per heavy atom. The van der Waals surface area contributed by atoms with Crippen molar-refractivity contribution in [3.63, 3.8) is 0 Å². The van der Waals surface area contributed by atoms with E-state index in [4.69, 9.17) is 14.5 Å². The number of nitrogens with zero attached hydrogens (tertiary/aromatic N) is 2. The van der Waals surface area contributed by atoms with E-state index in [0.717, 1.165) is 67.3 Å². The van der Waals surface area contributed by atoms with Gasteiger partial charge in [0, 0.05) is 42.5 Å². The zero-order chi connectivity index (χ0) is 28.5. The monoisotopic (exact) mass is 536 g/mol. The summed E-state index contributed by atoms with van der Waals surface area (Å²) in [6.07, 6.45) is 2.99. The zero-order valence-electron chi connectivity index (χ0n) is 25.0. The number of pyridine rings is 1. The number of aromatic nitrogens is 1. The summed E-state index contributed by atoms with van der Waals surface area (Å²) >= 11 is 0. The third-order valence-electron chi connectivity index (χ3n) is 7.41. The van der Waals surface area contributed by atoms with Crippen LogP contribution in [-0.4, -0.2) is 29.6 Å². The Morgan fingerprint density at radius 1 is 0.800 bits per heavy atom. The number of benzene rings is 3. The van der Waals surface area contributed by atoms with Crippen molar-refractivity contribution in [1.82, 2.24) is 9.88 Å². The Kier molecular flexibility index (Phi) is 10.4. The normalized spacial score (nSPS) is 11.3. The third-order valence-corrected chi connectivity index (χ3v) is 7.41. The fourth-order valence-electron chi connectivity index (χ4n) is 5.28. The SMILES string of the molecule is CCc1cccc(CC)c1-c1cc(OC(C)C)c(CN(CCc2ccccc2)Cc2ccc(OC)cc2)c(C)n1. The number of hydrogen-bond donors (Lipinski definition) is 0. The molecule has 0 fully saturated rings. The summed E-state index contributed by atoms with van der Waals surface area (Å²) in [5, 5.41) is 0. The molecular weight excluding hydrogens is 492 g/mol. The smallest absolute Gasteiger partial charge is 0.128 e. The Morgan fingerprint density at radius 3 is 2.08 bits per heavy atom. The van der Waals surface area contributed by atoms with Crippen LogP contribution in [0.5, 0.6) is 11.5 Å². The molecule has 0 amide bonds. The minimum Gasteiger partial charge on any atom is -0.497 e. The van der Waals surface area contributed by atoms with Crippen molar-refractivity contribution in [3.05, 3.63) is 112 Å². The fourth-order valence-corrected chi connectivity index (χ4v) is 5.28. The molecule has 0 atom stereocenters. The van der Waals surface area contributed by atoms with Crippen LogP contribution in [0, 0.1) is 6.92 Å². The summed E-state index contributed by atoms with van der Waals surface area (Å²) in [6, 6.07) is 27.9. The Bertz CT molecular complexity index is 1340. The second kappa shape index (κ2) is 14.1. The van der Waals surface area contributed by atoms with Gasteiger partial charge in [-0.05, 0) is 74.4 Å². The number of rotatable bonds is 13. The van der Waals surface area contributed by atoms with Crippen molar-refractivity contribution in [2.75, 3.05) is 13.7 Å². The lowest BCUT2D eigenvalue weighted by Gasteiger charge is -2.26. The molecule has 0 saturated heterocycles. The molecule has 0 aliphatic rings. The molecular formula is C36H44N2O2. The highest BCUT2D eigenvalue weighted by Crippen LogP contribution is 2.34. The van der Waals surface area contributed by atoms with E-state index in [2.05, 4.69) is 106 Å². The van der Waals surface area contributed by atoms with E-state index in [1.165, 1.54) is 27.8 Å². The lowest BCUT2D eigenvalue weighted by Crippen LogP contribution is -2.26. The molecule has 3 aromatic carbocycles. The van der Waals surface area contributed by atoms with Gasteiger partial charge in [-0.25, -0.2) is 0 Å². The first kappa shape index (κ1) is 29.4. The second-order valence-electron chi connectivity index (χ2n) is 10.7. The van der Waals surface area contributed by atoms with Gasteiger partial charge < -0.3 is 9.47 Å². The van der Waals surface area contributed by atoms with Gasteiger partial charge in [-0.1, -0.05) is 74.5 Å². The molecule has 1 heterocycles. The molecule has 4 rings (SSSR count). The van der Waals surface area contributed by atoms with Crippen LogP contribution in [0.2, 0.25) is 0 Å². The lowest BCUT2D eigenvalue weighted by atomic mass is 9.94. The molecule has 0 aliphatic heterocycles. The molecule has 4 heteroatoms. The summed E-state index contributed by atoms with van der Waals surface area (Å²) < 4.78 is 11.9. The molecule has 4 aromatic rings. The van der Waals surface area contributed by atoms with E-state index in [1.807, 2.05) is 12.1 Å². The number of methoxy groups -OCH3 is 1. The summed E-state index contributed by atoms with van der Waals surface area (Å²) in [5.74, 6) is 1.81. The molecule has 0 radical (unpaired) electrons. The second-order valence-corrected chi connectivity index (χ2v) is 10.7. The maximum Gasteiger partial charge on any atom is 0.128 e.